The van der Waals surface area contributed by atoms with E-state index in [9.17, 15) is 9.59 Å². The summed E-state index contributed by atoms with van der Waals surface area (Å²) in [7, 11) is 0. The van der Waals surface area contributed by atoms with E-state index in [-0.39, 0.29) is 24.7 Å². The van der Waals surface area contributed by atoms with Crippen LogP contribution in [-0.4, -0.2) is 21.6 Å². The van der Waals surface area contributed by atoms with Gasteiger partial charge in [-0.05, 0) is 37.1 Å². The van der Waals surface area contributed by atoms with Crippen molar-refractivity contribution in [3.63, 3.8) is 0 Å². The number of nitrogens with one attached hydrogen (secondary N) is 1. The molecule has 3 aromatic rings. The second-order valence-corrected chi connectivity index (χ2v) is 6.64. The highest BCUT2D eigenvalue weighted by Gasteiger charge is 2.12. The maximum absolute atomic E-state index is 12.4. The molecule has 0 aliphatic rings. The van der Waals surface area contributed by atoms with Gasteiger partial charge in [-0.3, -0.25) is 9.59 Å². The van der Waals surface area contributed by atoms with Crippen LogP contribution >= 0.6 is 11.6 Å². The summed E-state index contributed by atoms with van der Waals surface area (Å²) in [6.07, 6.45) is 2.72. The van der Waals surface area contributed by atoms with Crippen molar-refractivity contribution in [3.8, 4) is 0 Å². The predicted octanol–water partition coefficient (Wildman–Crippen LogP) is 4.13. The molecule has 5 nitrogen and oxygen atoms in total. The van der Waals surface area contributed by atoms with Gasteiger partial charge >= 0.3 is 0 Å². The van der Waals surface area contributed by atoms with Crippen LogP contribution in [0.5, 0.6) is 0 Å². The third-order valence-corrected chi connectivity index (χ3v) is 4.56. The summed E-state index contributed by atoms with van der Waals surface area (Å²) in [4.78, 5) is 24.3. The van der Waals surface area contributed by atoms with Crippen molar-refractivity contribution in [3.05, 3.63) is 64.8 Å². The number of aryl methyl sites for hydroxylation is 1. The van der Waals surface area contributed by atoms with Gasteiger partial charge in [0.05, 0.1) is 11.7 Å². The standard InChI is InChI=1S/C20H20ClN3O2/c1-14-9-10-18-16(11-14)13-23-24(18)20(26)8-4-7-19(25)22-12-15-5-2-3-6-17(15)21/h2-3,5-6,9-11,13H,4,7-8,12H2,1H3,(H,22,25). The molecular formula is C20H20ClN3O2. The summed E-state index contributed by atoms with van der Waals surface area (Å²) in [5.41, 5.74) is 2.79. The van der Waals surface area contributed by atoms with Crippen LogP contribution in [0.3, 0.4) is 0 Å². The molecule has 0 aliphatic heterocycles. The molecule has 0 unspecified atom stereocenters. The summed E-state index contributed by atoms with van der Waals surface area (Å²) < 4.78 is 1.41. The number of amides is 1. The topological polar surface area (TPSA) is 64.0 Å². The van der Waals surface area contributed by atoms with Crippen LogP contribution in [0.15, 0.2) is 48.7 Å². The number of benzene rings is 2. The third kappa shape index (κ3) is 4.29. The first-order valence-electron chi connectivity index (χ1n) is 8.52. The van der Waals surface area contributed by atoms with Gasteiger partial charge < -0.3 is 5.32 Å². The fourth-order valence-corrected chi connectivity index (χ4v) is 2.98. The molecule has 0 radical (unpaired) electrons. The van der Waals surface area contributed by atoms with E-state index >= 15 is 0 Å². The number of aromatic nitrogens is 2. The molecule has 0 fully saturated rings. The van der Waals surface area contributed by atoms with E-state index in [1.807, 2.05) is 43.3 Å². The first-order valence-corrected chi connectivity index (χ1v) is 8.90. The van der Waals surface area contributed by atoms with E-state index < -0.39 is 0 Å². The smallest absolute Gasteiger partial charge is 0.247 e. The molecule has 0 aliphatic carbocycles. The van der Waals surface area contributed by atoms with E-state index in [2.05, 4.69) is 10.4 Å². The van der Waals surface area contributed by atoms with Crippen molar-refractivity contribution in [2.75, 3.05) is 0 Å². The highest BCUT2D eigenvalue weighted by atomic mass is 35.5. The Morgan fingerprint density at radius 2 is 1.96 bits per heavy atom. The third-order valence-electron chi connectivity index (χ3n) is 4.19. The molecule has 2 aromatic carbocycles. The average Bonchev–Trinajstić information content (AvgIpc) is 3.04. The van der Waals surface area contributed by atoms with Crippen LogP contribution in [-0.2, 0) is 11.3 Å². The second-order valence-electron chi connectivity index (χ2n) is 6.23. The lowest BCUT2D eigenvalue weighted by atomic mass is 10.2. The van der Waals surface area contributed by atoms with Gasteiger partial charge in [0.15, 0.2) is 0 Å². The molecule has 0 atom stereocenters. The molecule has 0 bridgehead atoms. The Hall–Kier alpha value is -2.66. The highest BCUT2D eigenvalue weighted by Crippen LogP contribution is 2.16. The van der Waals surface area contributed by atoms with Gasteiger partial charge in [-0.2, -0.15) is 5.10 Å². The quantitative estimate of drug-likeness (QED) is 0.710. The number of hydrogen-bond donors (Lipinski definition) is 1. The minimum absolute atomic E-state index is 0.0985. The molecule has 1 aromatic heterocycles. The van der Waals surface area contributed by atoms with Crippen LogP contribution in [0.1, 0.15) is 35.2 Å². The Kier molecular flexibility index (Phi) is 5.68. The molecule has 0 spiro atoms. The highest BCUT2D eigenvalue weighted by molar-refractivity contribution is 6.31. The SMILES string of the molecule is Cc1ccc2c(cnn2C(=O)CCCC(=O)NCc2ccccc2Cl)c1. The first-order chi connectivity index (χ1) is 12.5. The molecule has 3 rings (SSSR count). The zero-order valence-corrected chi connectivity index (χ0v) is 15.3. The number of fused-ring (bicyclic) bond motifs is 1. The van der Waals surface area contributed by atoms with E-state index in [1.54, 1.807) is 12.3 Å². The number of carbonyl (C=O) groups is 2. The molecule has 1 N–H and O–H groups in total. The molecular weight excluding hydrogens is 350 g/mol. The van der Waals surface area contributed by atoms with E-state index in [0.717, 1.165) is 22.0 Å². The van der Waals surface area contributed by atoms with Gasteiger partial charge in [0.1, 0.15) is 0 Å². The summed E-state index contributed by atoms with van der Waals surface area (Å²) in [6.45, 7) is 2.38. The molecule has 1 heterocycles. The molecule has 6 heteroatoms. The molecule has 0 saturated heterocycles. The number of rotatable bonds is 6. The van der Waals surface area contributed by atoms with Crippen LogP contribution in [0.2, 0.25) is 5.02 Å². The molecule has 0 saturated carbocycles. The lowest BCUT2D eigenvalue weighted by molar-refractivity contribution is -0.121. The summed E-state index contributed by atoms with van der Waals surface area (Å²) in [5, 5.41) is 8.57. The van der Waals surface area contributed by atoms with Crippen molar-refractivity contribution < 1.29 is 9.59 Å². The molecule has 1 amide bonds. The largest absolute Gasteiger partial charge is 0.352 e. The van der Waals surface area contributed by atoms with E-state index in [1.165, 1.54) is 4.68 Å². The fraction of sp³-hybridized carbons (Fsp3) is 0.250. The van der Waals surface area contributed by atoms with Crippen molar-refractivity contribution in [2.24, 2.45) is 0 Å². The predicted molar refractivity (Wildman–Crippen MR) is 102 cm³/mol. The number of nitrogens with zero attached hydrogens (tertiary/aromatic N) is 2. The minimum atomic E-state index is -0.109. The number of halogens is 1. The lowest BCUT2D eigenvalue weighted by Gasteiger charge is -2.07. The van der Waals surface area contributed by atoms with E-state index in [4.69, 9.17) is 11.6 Å². The Labute approximate surface area is 157 Å². The van der Waals surface area contributed by atoms with Gasteiger partial charge in [0.25, 0.3) is 0 Å². The summed E-state index contributed by atoms with van der Waals surface area (Å²) in [5.74, 6) is -0.207. The van der Waals surface area contributed by atoms with Crippen LogP contribution in [0, 0.1) is 6.92 Å². The van der Waals surface area contributed by atoms with Crippen molar-refractivity contribution >= 4 is 34.3 Å². The Morgan fingerprint density at radius 1 is 1.15 bits per heavy atom. The molecule has 26 heavy (non-hydrogen) atoms. The van der Waals surface area contributed by atoms with Crippen LogP contribution in [0.4, 0.5) is 0 Å². The Balaban J connectivity index is 1.48. The van der Waals surface area contributed by atoms with Gasteiger partial charge in [-0.1, -0.05) is 41.4 Å². The summed E-state index contributed by atoms with van der Waals surface area (Å²) >= 11 is 6.06. The van der Waals surface area contributed by atoms with Gasteiger partial charge in [-0.25, -0.2) is 4.68 Å². The first kappa shape index (κ1) is 18.1. The monoisotopic (exact) mass is 369 g/mol. The Bertz CT molecular complexity index is 949. The normalized spacial score (nSPS) is 10.8. The van der Waals surface area contributed by atoms with Crippen molar-refractivity contribution in [1.82, 2.24) is 15.1 Å². The lowest BCUT2D eigenvalue weighted by Crippen LogP contribution is -2.23. The summed E-state index contributed by atoms with van der Waals surface area (Å²) in [6, 6.07) is 13.2. The zero-order chi connectivity index (χ0) is 18.5. The number of hydrogen-bond acceptors (Lipinski definition) is 3. The second kappa shape index (κ2) is 8.15. The maximum atomic E-state index is 12.4. The molecule has 134 valence electrons. The van der Waals surface area contributed by atoms with Crippen molar-refractivity contribution in [2.45, 2.75) is 32.7 Å². The number of carbonyl (C=O) groups excluding carboxylic acids is 2. The fourth-order valence-electron chi connectivity index (χ4n) is 2.78. The van der Waals surface area contributed by atoms with Gasteiger partial charge in [0, 0.05) is 29.8 Å². The Morgan fingerprint density at radius 3 is 2.77 bits per heavy atom. The van der Waals surface area contributed by atoms with Crippen molar-refractivity contribution in [1.29, 1.82) is 0 Å². The van der Waals surface area contributed by atoms with Crippen LogP contribution < -0.4 is 5.32 Å². The maximum Gasteiger partial charge on any atom is 0.247 e. The van der Waals surface area contributed by atoms with E-state index in [0.29, 0.717) is 18.0 Å². The van der Waals surface area contributed by atoms with Gasteiger partial charge in [0.2, 0.25) is 11.8 Å². The van der Waals surface area contributed by atoms with Gasteiger partial charge in [-0.15, -0.1) is 0 Å². The average molecular weight is 370 g/mol. The minimum Gasteiger partial charge on any atom is -0.352 e. The zero-order valence-electron chi connectivity index (χ0n) is 14.5. The van der Waals surface area contributed by atoms with Crippen LogP contribution in [0.25, 0.3) is 10.9 Å².